The highest BCUT2D eigenvalue weighted by atomic mass is 127. The number of methoxy groups -OCH3 is 1. The molecule has 10 heteroatoms. The predicted molar refractivity (Wildman–Crippen MR) is 131 cm³/mol. The molecular weight excluding hydrogens is 521 g/mol. The number of nitrogens with zero attached hydrogens (tertiary/aromatic N) is 3. The van der Waals surface area contributed by atoms with Crippen LogP contribution in [-0.4, -0.2) is 94.3 Å². The van der Waals surface area contributed by atoms with Crippen molar-refractivity contribution < 1.29 is 14.3 Å². The average molecular weight is 554 g/mol. The Kier molecular flexibility index (Phi) is 13.8. The quantitative estimate of drug-likeness (QED) is 0.199. The summed E-state index contributed by atoms with van der Waals surface area (Å²) in [6, 6.07) is 7.42. The maximum absolute atomic E-state index is 11.9. The van der Waals surface area contributed by atoms with Gasteiger partial charge in [-0.05, 0) is 31.2 Å². The highest BCUT2D eigenvalue weighted by Crippen LogP contribution is 2.15. The second-order valence-corrected chi connectivity index (χ2v) is 7.08. The van der Waals surface area contributed by atoms with Gasteiger partial charge in [-0.2, -0.15) is 0 Å². The molecule has 0 spiro atoms. The third-order valence-corrected chi connectivity index (χ3v) is 4.75. The van der Waals surface area contributed by atoms with Crippen LogP contribution in [-0.2, 0) is 9.53 Å². The van der Waals surface area contributed by atoms with Crippen LogP contribution in [0.3, 0.4) is 0 Å². The maximum Gasteiger partial charge on any atom is 0.241 e. The molecule has 30 heavy (non-hydrogen) atoms. The lowest BCUT2D eigenvalue weighted by atomic mass is 10.3. The smallest absolute Gasteiger partial charge is 0.241 e. The van der Waals surface area contributed by atoms with Gasteiger partial charge in [0.2, 0.25) is 5.91 Å². The van der Waals surface area contributed by atoms with Crippen molar-refractivity contribution in [2.24, 2.45) is 4.99 Å². The molecule has 170 valence electrons. The normalized spacial score (nSPS) is 14.8. The van der Waals surface area contributed by atoms with E-state index >= 15 is 0 Å². The number of carbonyl (C=O) groups excluding carboxylic acids is 1. The number of ether oxygens (including phenoxy) is 2. The number of hydrogen-bond acceptors (Lipinski definition) is 5. The molecule has 0 bridgehead atoms. The number of amides is 1. The lowest BCUT2D eigenvalue weighted by Crippen LogP contribution is -2.53. The summed E-state index contributed by atoms with van der Waals surface area (Å²) in [7, 11) is 1.61. The molecule has 2 N–H and O–H groups in total. The molecule has 0 atom stereocenters. The van der Waals surface area contributed by atoms with E-state index in [1.165, 1.54) is 0 Å². The van der Waals surface area contributed by atoms with E-state index in [1.807, 2.05) is 31.2 Å². The van der Waals surface area contributed by atoms with Crippen molar-refractivity contribution in [3.05, 3.63) is 29.3 Å². The van der Waals surface area contributed by atoms with Gasteiger partial charge in [0.05, 0.1) is 6.61 Å². The largest absolute Gasteiger partial charge is 0.492 e. The second-order valence-electron chi connectivity index (χ2n) is 6.64. The molecule has 2 rings (SSSR count). The number of guanidine groups is 1. The van der Waals surface area contributed by atoms with Crippen molar-refractivity contribution in [3.63, 3.8) is 0 Å². The standard InChI is InChI=1S/C20H32ClN5O3.HI/c1-3-22-20(24-16-19(27)23-8-14-28-2)26-11-9-25(10-12-26)13-15-29-18-6-4-17(21)5-7-18;/h4-7H,3,8-16H2,1-2H3,(H,22,24)(H,23,27);1H. The zero-order chi connectivity index (χ0) is 20.9. The molecule has 8 nitrogen and oxygen atoms in total. The Balaban J connectivity index is 0.00000450. The van der Waals surface area contributed by atoms with Crippen molar-refractivity contribution >= 4 is 47.4 Å². The van der Waals surface area contributed by atoms with Crippen molar-refractivity contribution in [2.45, 2.75) is 6.92 Å². The third-order valence-electron chi connectivity index (χ3n) is 4.50. The van der Waals surface area contributed by atoms with Gasteiger partial charge < -0.3 is 25.0 Å². The van der Waals surface area contributed by atoms with Crippen molar-refractivity contribution in [2.75, 3.05) is 72.7 Å². The van der Waals surface area contributed by atoms with Crippen LogP contribution in [0.25, 0.3) is 0 Å². The van der Waals surface area contributed by atoms with E-state index in [9.17, 15) is 4.79 Å². The van der Waals surface area contributed by atoms with E-state index < -0.39 is 0 Å². The first kappa shape index (κ1) is 26.7. The van der Waals surface area contributed by atoms with Crippen molar-refractivity contribution in [1.29, 1.82) is 0 Å². The van der Waals surface area contributed by atoms with Crippen LogP contribution in [0.1, 0.15) is 6.92 Å². The van der Waals surface area contributed by atoms with Crippen LogP contribution in [0.5, 0.6) is 5.75 Å². The van der Waals surface area contributed by atoms with E-state index in [0.717, 1.165) is 51.0 Å². The molecule has 1 aliphatic rings. The first-order valence-electron chi connectivity index (χ1n) is 10.0. The van der Waals surface area contributed by atoms with Gasteiger partial charge in [0, 0.05) is 57.9 Å². The lowest BCUT2D eigenvalue weighted by molar-refractivity contribution is -0.119. The minimum absolute atomic E-state index is 0. The summed E-state index contributed by atoms with van der Waals surface area (Å²) >= 11 is 5.89. The van der Waals surface area contributed by atoms with Crippen LogP contribution < -0.4 is 15.4 Å². The summed E-state index contributed by atoms with van der Waals surface area (Å²) in [5.41, 5.74) is 0. The topological polar surface area (TPSA) is 78.4 Å². The molecule has 0 aliphatic carbocycles. The molecule has 1 heterocycles. The van der Waals surface area contributed by atoms with Gasteiger partial charge in [-0.3, -0.25) is 9.69 Å². The lowest BCUT2D eigenvalue weighted by Gasteiger charge is -2.36. The molecule has 1 aromatic carbocycles. The van der Waals surface area contributed by atoms with Gasteiger partial charge >= 0.3 is 0 Å². The zero-order valence-electron chi connectivity index (χ0n) is 17.7. The molecular formula is C20H33ClIN5O3. The first-order valence-corrected chi connectivity index (χ1v) is 10.4. The summed E-state index contributed by atoms with van der Waals surface area (Å²) in [6.07, 6.45) is 0. The number of piperazine rings is 1. The number of benzene rings is 1. The Labute approximate surface area is 201 Å². The highest BCUT2D eigenvalue weighted by molar-refractivity contribution is 14.0. The summed E-state index contributed by atoms with van der Waals surface area (Å²) in [5, 5.41) is 6.77. The molecule has 1 fully saturated rings. The summed E-state index contributed by atoms with van der Waals surface area (Å²) < 4.78 is 10.7. The number of halogens is 2. The number of nitrogens with one attached hydrogen (secondary N) is 2. The fraction of sp³-hybridized carbons (Fsp3) is 0.600. The molecule has 0 unspecified atom stereocenters. The van der Waals surface area contributed by atoms with Crippen molar-refractivity contribution in [3.8, 4) is 5.75 Å². The van der Waals surface area contributed by atoms with E-state index in [4.69, 9.17) is 21.1 Å². The average Bonchev–Trinajstić information content (AvgIpc) is 2.73. The molecule has 0 saturated carbocycles. The zero-order valence-corrected chi connectivity index (χ0v) is 20.8. The number of rotatable bonds is 10. The van der Waals surface area contributed by atoms with Gasteiger partial charge in [-0.25, -0.2) is 4.99 Å². The van der Waals surface area contributed by atoms with Crippen LogP contribution in [0.2, 0.25) is 5.02 Å². The summed E-state index contributed by atoms with van der Waals surface area (Å²) in [4.78, 5) is 20.9. The van der Waals surface area contributed by atoms with E-state index in [-0.39, 0.29) is 36.4 Å². The molecule has 1 amide bonds. The monoisotopic (exact) mass is 553 g/mol. The minimum Gasteiger partial charge on any atom is -0.492 e. The third kappa shape index (κ3) is 10.1. The molecule has 0 radical (unpaired) electrons. The van der Waals surface area contributed by atoms with Gasteiger partial charge in [-0.1, -0.05) is 11.6 Å². The van der Waals surface area contributed by atoms with Gasteiger partial charge in [0.25, 0.3) is 0 Å². The minimum atomic E-state index is -0.101. The van der Waals surface area contributed by atoms with Crippen molar-refractivity contribution in [1.82, 2.24) is 20.4 Å². The fourth-order valence-electron chi connectivity index (χ4n) is 2.93. The van der Waals surface area contributed by atoms with Gasteiger partial charge in [0.15, 0.2) is 5.96 Å². The Morgan fingerprint density at radius 2 is 1.83 bits per heavy atom. The first-order chi connectivity index (χ1) is 14.1. The second kappa shape index (κ2) is 15.5. The van der Waals surface area contributed by atoms with E-state index in [1.54, 1.807) is 7.11 Å². The Bertz CT molecular complexity index is 640. The highest BCUT2D eigenvalue weighted by Gasteiger charge is 2.19. The van der Waals surface area contributed by atoms with Crippen LogP contribution in [0.15, 0.2) is 29.3 Å². The summed E-state index contributed by atoms with van der Waals surface area (Å²) in [5.74, 6) is 1.51. The van der Waals surface area contributed by atoms with E-state index in [0.29, 0.717) is 24.8 Å². The fourth-order valence-corrected chi connectivity index (χ4v) is 3.05. The maximum atomic E-state index is 11.9. The van der Waals surface area contributed by atoms with Crippen LogP contribution in [0.4, 0.5) is 0 Å². The Morgan fingerprint density at radius 1 is 1.13 bits per heavy atom. The molecule has 1 saturated heterocycles. The van der Waals surface area contributed by atoms with E-state index in [2.05, 4.69) is 25.4 Å². The molecule has 0 aromatic heterocycles. The number of aliphatic imine (C=N–C) groups is 1. The number of hydrogen-bond donors (Lipinski definition) is 2. The SMILES string of the molecule is CCNC(=NCC(=O)NCCOC)N1CCN(CCOc2ccc(Cl)cc2)CC1.I. The van der Waals surface area contributed by atoms with Gasteiger partial charge in [0.1, 0.15) is 18.9 Å². The van der Waals surface area contributed by atoms with Crippen LogP contribution >= 0.6 is 35.6 Å². The summed E-state index contributed by atoms with van der Waals surface area (Å²) in [6.45, 7) is 8.97. The van der Waals surface area contributed by atoms with Gasteiger partial charge in [-0.15, -0.1) is 24.0 Å². The van der Waals surface area contributed by atoms with Crippen LogP contribution in [0, 0.1) is 0 Å². The molecule has 1 aromatic rings. The number of carbonyl (C=O) groups is 1. The Morgan fingerprint density at radius 3 is 2.47 bits per heavy atom. The Hall–Kier alpha value is -1.30. The predicted octanol–water partition coefficient (Wildman–Crippen LogP) is 1.68. The molecule has 1 aliphatic heterocycles.